The molecule has 32 nitrogen and oxygen atoms in total. The van der Waals surface area contributed by atoms with Gasteiger partial charge in [0, 0.05) is 27.9 Å². The van der Waals surface area contributed by atoms with Crippen LogP contribution in [-0.2, 0) is 76.0 Å². The first-order chi connectivity index (χ1) is 47.6. The molecule has 6 saturated heterocycles. The van der Waals surface area contributed by atoms with Gasteiger partial charge in [-0.2, -0.15) is 0 Å². The van der Waals surface area contributed by atoms with Crippen molar-refractivity contribution >= 4 is 17.9 Å². The zero-order valence-electron chi connectivity index (χ0n) is 60.0. The van der Waals surface area contributed by atoms with Crippen LogP contribution in [0.2, 0.25) is 0 Å². The fourth-order valence-corrected chi connectivity index (χ4v) is 20.6. The third-order valence-electron chi connectivity index (χ3n) is 26.8. The summed E-state index contributed by atoms with van der Waals surface area (Å²) in [6, 6.07) is 0. The number of hydrogen-bond acceptors (Lipinski definition) is 31. The van der Waals surface area contributed by atoms with Crippen LogP contribution in [0.3, 0.4) is 0 Å². The van der Waals surface area contributed by atoms with E-state index < -0.39 is 259 Å². The van der Waals surface area contributed by atoms with Gasteiger partial charge in [0.1, 0.15) is 110 Å². The molecule has 0 aromatic rings. The Morgan fingerprint density at radius 2 is 0.951 bits per heavy atom. The molecule has 5 aliphatic carbocycles. The fraction of sp³-hybridized carbons (Fsp3) is 0.900. The molecule has 11 aliphatic rings. The quantitative estimate of drug-likeness (QED) is 0.0422. The summed E-state index contributed by atoms with van der Waals surface area (Å²) in [7, 11) is 0. The molecular weight excluding hydrogens is 1350 g/mol. The van der Waals surface area contributed by atoms with E-state index >= 15 is 0 Å². The van der Waals surface area contributed by atoms with E-state index in [2.05, 4.69) is 20.8 Å². The highest BCUT2D eigenvalue weighted by Gasteiger charge is 2.86. The van der Waals surface area contributed by atoms with Gasteiger partial charge in [0.15, 0.2) is 49.9 Å². The van der Waals surface area contributed by atoms with Crippen molar-refractivity contribution in [3.8, 4) is 0 Å². The molecule has 0 amide bonds. The Bertz CT molecular complexity index is 3080. The number of carboxylic acids is 1. The van der Waals surface area contributed by atoms with Crippen LogP contribution in [0.25, 0.3) is 0 Å². The van der Waals surface area contributed by atoms with Gasteiger partial charge in [-0.3, -0.25) is 0 Å². The van der Waals surface area contributed by atoms with Crippen molar-refractivity contribution in [3.05, 3.63) is 23.3 Å². The van der Waals surface area contributed by atoms with Gasteiger partial charge in [-0.1, -0.05) is 60.6 Å². The summed E-state index contributed by atoms with van der Waals surface area (Å²) in [5.74, 6) is -4.06. The first-order valence-corrected chi connectivity index (χ1v) is 35.8. The molecule has 38 atom stereocenters. The lowest BCUT2D eigenvalue weighted by Crippen LogP contribution is -2.77. The van der Waals surface area contributed by atoms with Gasteiger partial charge in [-0.05, 0) is 121 Å². The molecule has 5 saturated carbocycles. The molecular formula is C70H110O32. The summed E-state index contributed by atoms with van der Waals surface area (Å²) in [6.45, 7) is 21.8. The van der Waals surface area contributed by atoms with E-state index in [1.165, 1.54) is 13.8 Å². The van der Waals surface area contributed by atoms with E-state index in [0.717, 1.165) is 0 Å². The molecule has 11 fully saturated rings. The van der Waals surface area contributed by atoms with Gasteiger partial charge in [-0.15, -0.1) is 0 Å². The minimum absolute atomic E-state index is 0.101. The Labute approximate surface area is 591 Å². The van der Waals surface area contributed by atoms with Gasteiger partial charge in [0.2, 0.25) is 0 Å². The molecule has 0 aromatic heterocycles. The highest BCUT2D eigenvalue weighted by Crippen LogP contribution is 2.82. The standard InChI is InChI=1S/C70H110O32/c1-14-26(3)56(87)100-53-54(101-57(88)27(4)15-2)70-34(22-64(53,7)8)69(102-63(70)89)21-17-33-66(11)19-18-36(65(9,10)32(66)16-20-67(33,12)68(69,13)23-35(70)73)94-62-52(99-59-46(83)42(79)39(76)30(24-71)92-59)48(47(84)49(96-62)55(85)86)95-61-51(44(81)40(77)31(25-72)93-61)98-60-50(43(80)38(75)29(6)91-60)97-58-45(82)41(78)37(74)28(5)90-58/h14-15,28-54,58-63,71-84,89H,16-25H2,1-13H3,(H,85,86)/b26-14-,27-15-/t28-,29-,30+,31+,32?,33?,34?,35+,36-,37-,38-,39-,40-,41+,42-,43+,44-,45+,46+,47-,48-,49-,50+,51+,52+,53-,54-,58-,59-,60-,61-,62+,63-,66-,67+,68-,69?,70?/m0/s1. The maximum absolute atomic E-state index is 14.1. The maximum Gasteiger partial charge on any atom is 0.335 e. The van der Waals surface area contributed by atoms with Crippen molar-refractivity contribution in [2.45, 2.75) is 331 Å². The van der Waals surface area contributed by atoms with Crippen LogP contribution >= 0.6 is 0 Å². The zero-order chi connectivity index (χ0) is 75.1. The summed E-state index contributed by atoms with van der Waals surface area (Å²) in [5, 5.41) is 182. The van der Waals surface area contributed by atoms with Gasteiger partial charge >= 0.3 is 17.9 Å². The molecule has 6 heterocycles. The minimum Gasteiger partial charge on any atom is -0.479 e. The topological polar surface area (TPSA) is 495 Å². The number of rotatable bonds is 17. The van der Waals surface area contributed by atoms with E-state index in [9.17, 15) is 96.1 Å². The highest BCUT2D eigenvalue weighted by atomic mass is 16.8. The molecule has 16 N–H and O–H groups in total. The lowest BCUT2D eigenvalue weighted by Gasteiger charge is -2.75. The number of esters is 2. The third kappa shape index (κ3) is 12.6. The minimum atomic E-state index is -2.37. The second-order valence-electron chi connectivity index (χ2n) is 32.8. The zero-order valence-corrected chi connectivity index (χ0v) is 60.0. The second-order valence-corrected chi connectivity index (χ2v) is 32.8. The number of ether oxygens (including phenoxy) is 13. The van der Waals surface area contributed by atoms with Crippen LogP contribution in [-0.4, -0.2) is 303 Å². The number of carbonyl (C=O) groups excluding carboxylic acids is 2. The van der Waals surface area contributed by atoms with Crippen molar-refractivity contribution in [3.63, 3.8) is 0 Å². The Kier molecular flexibility index (Phi) is 22.7. The van der Waals surface area contributed by atoms with E-state index in [1.807, 2.05) is 27.7 Å². The molecule has 102 heavy (non-hydrogen) atoms. The fourth-order valence-electron chi connectivity index (χ4n) is 20.6. The molecule has 2 bridgehead atoms. The van der Waals surface area contributed by atoms with Crippen LogP contribution in [0, 0.1) is 50.2 Å². The summed E-state index contributed by atoms with van der Waals surface area (Å²) in [6.07, 6.45) is -48.3. The van der Waals surface area contributed by atoms with E-state index in [-0.39, 0.29) is 30.3 Å². The first-order valence-electron chi connectivity index (χ1n) is 35.8. The van der Waals surface area contributed by atoms with Crippen LogP contribution in [0.5, 0.6) is 0 Å². The number of carbonyl (C=O) groups is 3. The number of aliphatic hydroxyl groups is 15. The average Bonchev–Trinajstić information content (AvgIpc) is 1.40. The molecule has 32 heteroatoms. The number of aliphatic hydroxyl groups excluding tert-OH is 15. The van der Waals surface area contributed by atoms with Crippen LogP contribution in [0.15, 0.2) is 23.3 Å². The molecule has 6 aliphatic heterocycles. The second kappa shape index (κ2) is 29.0. The van der Waals surface area contributed by atoms with Gasteiger partial charge in [0.05, 0.1) is 48.6 Å². The SMILES string of the molecule is C/C=C(/C)C(=O)O[C@H]1[C@H](OC(=O)/C(C)=C\C)C23C(CC1(C)C)C1(CCC4[C@@]5(C)CC[C@H](O[C@@H]6O[C@H](C(=O)O)[C@@H](O)[C@H](O[C@@H]7O[C@H](CO)[C@H](O)[C@H](O)[C@H]7O[C@@H]7O[C@@H](C)[C@H](O)[C@@H](O)[C@H]7O[C@@H]7O[C@@H](C)[C@H](O)[C@@H](O)[C@H]7O)[C@H]6O[C@@H]6O[C@H](CO)[C@H](O)[C@H](O)[C@H]6O)C(C)(C)C5CC[C@@]4(C)[C@]1(C)C[C@H]2O)O[C@@H]3O. The van der Waals surface area contributed by atoms with Crippen LogP contribution in [0.4, 0.5) is 0 Å². The number of allylic oxidation sites excluding steroid dienone is 2. The monoisotopic (exact) mass is 1460 g/mol. The molecule has 0 radical (unpaired) electrons. The first kappa shape index (κ1) is 79.9. The van der Waals surface area contributed by atoms with Gasteiger partial charge in [-0.25, -0.2) is 14.4 Å². The molecule has 0 aromatic carbocycles. The van der Waals surface area contributed by atoms with Gasteiger partial charge < -0.3 is 143 Å². The summed E-state index contributed by atoms with van der Waals surface area (Å²) >= 11 is 0. The predicted molar refractivity (Wildman–Crippen MR) is 343 cm³/mol. The van der Waals surface area contributed by atoms with Crippen LogP contribution in [0.1, 0.15) is 141 Å². The van der Waals surface area contributed by atoms with Crippen molar-refractivity contribution in [1.29, 1.82) is 0 Å². The lowest BCUT2D eigenvalue weighted by molar-refractivity contribution is -0.412. The maximum atomic E-state index is 14.1. The molecule has 11 rings (SSSR count). The van der Waals surface area contributed by atoms with E-state index in [0.29, 0.717) is 44.1 Å². The molecule has 1 spiro atoms. The number of aliphatic carboxylic acids is 1. The average molecular weight is 1460 g/mol. The lowest BCUT2D eigenvalue weighted by atomic mass is 9.30. The van der Waals surface area contributed by atoms with Crippen molar-refractivity contribution in [2.75, 3.05) is 13.2 Å². The number of hydrogen-bond donors (Lipinski definition) is 16. The molecule has 5 unspecified atom stereocenters. The van der Waals surface area contributed by atoms with Crippen molar-refractivity contribution in [2.24, 2.45) is 50.2 Å². The van der Waals surface area contributed by atoms with E-state index in [4.69, 9.17) is 61.6 Å². The van der Waals surface area contributed by atoms with E-state index in [1.54, 1.807) is 39.8 Å². The third-order valence-corrected chi connectivity index (χ3v) is 26.8. The Hall–Kier alpha value is -3.15. The summed E-state index contributed by atoms with van der Waals surface area (Å²) in [4.78, 5) is 41.3. The number of fused-ring (bicyclic) bond motifs is 4. The summed E-state index contributed by atoms with van der Waals surface area (Å²) in [5.41, 5.74) is -6.01. The Balaban J connectivity index is 0.915. The van der Waals surface area contributed by atoms with Crippen molar-refractivity contribution in [1.82, 2.24) is 0 Å². The normalized spacial score (nSPS) is 53.0. The molecule has 582 valence electrons. The summed E-state index contributed by atoms with van der Waals surface area (Å²) < 4.78 is 81.9. The smallest absolute Gasteiger partial charge is 0.335 e. The largest absolute Gasteiger partial charge is 0.479 e. The Morgan fingerprint density at radius 1 is 0.480 bits per heavy atom. The van der Waals surface area contributed by atoms with Crippen LogP contribution < -0.4 is 0 Å². The van der Waals surface area contributed by atoms with Gasteiger partial charge in [0.25, 0.3) is 0 Å². The Morgan fingerprint density at radius 3 is 1.53 bits per heavy atom. The number of carboxylic acid groups (broad SMARTS) is 1. The van der Waals surface area contributed by atoms with Crippen molar-refractivity contribution < 1.29 is 158 Å². The highest BCUT2D eigenvalue weighted by molar-refractivity contribution is 5.89. The predicted octanol–water partition coefficient (Wildman–Crippen LogP) is -2.08.